The molecule has 0 amide bonds. The van der Waals surface area contributed by atoms with Gasteiger partial charge in [-0.2, -0.15) is 13.2 Å². The Hall–Kier alpha value is -0.450. The highest BCUT2D eigenvalue weighted by atomic mass is 79.9. The summed E-state index contributed by atoms with van der Waals surface area (Å²) in [6.07, 6.45) is -1.41. The average molecular weight is 257 g/mol. The van der Waals surface area contributed by atoms with Gasteiger partial charge in [-0.1, -0.05) is 22.0 Å². The Morgan fingerprint density at radius 3 is 2.62 bits per heavy atom. The van der Waals surface area contributed by atoms with Crippen molar-refractivity contribution in [1.82, 2.24) is 0 Å². The maximum Gasteiger partial charge on any atom is 0.416 e. The Labute approximate surface area is 82.4 Å². The van der Waals surface area contributed by atoms with E-state index in [1.165, 1.54) is 13.2 Å². The zero-order chi connectivity index (χ0) is 10.1. The molecule has 1 nitrogen and oxygen atoms in total. The smallest absolute Gasteiger partial charge is 0.416 e. The molecular formula is C8H8BrF3O. The zero-order valence-electron chi connectivity index (χ0n) is 6.86. The van der Waals surface area contributed by atoms with Crippen LogP contribution in [-0.2, 0) is 4.74 Å². The molecule has 0 saturated heterocycles. The van der Waals surface area contributed by atoms with Crippen molar-refractivity contribution < 1.29 is 17.9 Å². The van der Waals surface area contributed by atoms with Crippen LogP contribution in [0.1, 0.15) is 6.42 Å². The SMILES string of the molecule is COC1=C(C(F)(F)F)CC(Br)C=C1. The highest BCUT2D eigenvalue weighted by Gasteiger charge is 2.38. The van der Waals surface area contributed by atoms with Crippen LogP contribution in [0.5, 0.6) is 0 Å². The second-order valence-corrected chi connectivity index (χ2v) is 3.80. The summed E-state index contributed by atoms with van der Waals surface area (Å²) in [6.45, 7) is 0. The highest BCUT2D eigenvalue weighted by Crippen LogP contribution is 2.36. The molecule has 0 fully saturated rings. The topological polar surface area (TPSA) is 9.23 Å². The Kier molecular flexibility index (Phi) is 3.05. The minimum Gasteiger partial charge on any atom is -0.496 e. The first kappa shape index (κ1) is 10.6. The minimum absolute atomic E-state index is 0.0802. The molecule has 0 spiro atoms. The predicted molar refractivity (Wildman–Crippen MR) is 46.6 cm³/mol. The molecule has 0 aromatic rings. The van der Waals surface area contributed by atoms with Crippen LogP contribution in [0.2, 0.25) is 0 Å². The molecule has 74 valence electrons. The van der Waals surface area contributed by atoms with E-state index in [0.29, 0.717) is 0 Å². The fraction of sp³-hybridized carbons (Fsp3) is 0.500. The summed E-state index contributed by atoms with van der Waals surface area (Å²) in [5.41, 5.74) is -0.612. The van der Waals surface area contributed by atoms with Crippen LogP contribution in [0.25, 0.3) is 0 Å². The molecule has 0 radical (unpaired) electrons. The van der Waals surface area contributed by atoms with E-state index < -0.39 is 11.7 Å². The van der Waals surface area contributed by atoms with Gasteiger partial charge in [0.2, 0.25) is 0 Å². The molecule has 0 aliphatic heterocycles. The molecule has 0 N–H and O–H groups in total. The lowest BCUT2D eigenvalue weighted by Gasteiger charge is -2.20. The van der Waals surface area contributed by atoms with Crippen molar-refractivity contribution in [3.8, 4) is 0 Å². The highest BCUT2D eigenvalue weighted by molar-refractivity contribution is 9.09. The number of allylic oxidation sites excluding steroid dienone is 3. The van der Waals surface area contributed by atoms with E-state index in [1.54, 1.807) is 6.08 Å². The van der Waals surface area contributed by atoms with Crippen LogP contribution in [-0.4, -0.2) is 18.1 Å². The normalized spacial score (nSPS) is 23.6. The van der Waals surface area contributed by atoms with Gasteiger partial charge in [-0.15, -0.1) is 0 Å². The second kappa shape index (κ2) is 3.74. The Morgan fingerprint density at radius 2 is 2.15 bits per heavy atom. The summed E-state index contributed by atoms with van der Waals surface area (Å²) in [4.78, 5) is -0.261. The van der Waals surface area contributed by atoms with Gasteiger partial charge >= 0.3 is 6.18 Å². The van der Waals surface area contributed by atoms with Crippen LogP contribution >= 0.6 is 15.9 Å². The number of hydrogen-bond donors (Lipinski definition) is 0. The van der Waals surface area contributed by atoms with Gasteiger partial charge in [0.25, 0.3) is 0 Å². The van der Waals surface area contributed by atoms with Crippen molar-refractivity contribution in [2.45, 2.75) is 17.4 Å². The molecular weight excluding hydrogens is 249 g/mol. The molecule has 1 atom stereocenters. The number of rotatable bonds is 1. The van der Waals surface area contributed by atoms with Gasteiger partial charge < -0.3 is 4.74 Å². The average Bonchev–Trinajstić information content (AvgIpc) is 2.03. The molecule has 5 heteroatoms. The van der Waals surface area contributed by atoms with E-state index in [9.17, 15) is 13.2 Å². The van der Waals surface area contributed by atoms with E-state index in [4.69, 9.17) is 0 Å². The molecule has 1 rings (SSSR count). The third-order valence-electron chi connectivity index (χ3n) is 1.72. The van der Waals surface area contributed by atoms with Crippen molar-refractivity contribution in [3.63, 3.8) is 0 Å². The van der Waals surface area contributed by atoms with Gasteiger partial charge in [0.15, 0.2) is 0 Å². The lowest BCUT2D eigenvalue weighted by Crippen LogP contribution is -2.19. The fourth-order valence-corrected chi connectivity index (χ4v) is 1.58. The Bertz CT molecular complexity index is 255. The van der Waals surface area contributed by atoms with Gasteiger partial charge in [-0.3, -0.25) is 0 Å². The predicted octanol–water partition coefficient (Wildman–Crippen LogP) is 3.17. The third kappa shape index (κ3) is 2.49. The molecule has 13 heavy (non-hydrogen) atoms. The molecule has 0 heterocycles. The van der Waals surface area contributed by atoms with E-state index in [1.807, 2.05) is 0 Å². The van der Waals surface area contributed by atoms with Crippen LogP contribution in [0.15, 0.2) is 23.5 Å². The lowest BCUT2D eigenvalue weighted by molar-refractivity contribution is -0.0969. The summed E-state index contributed by atoms with van der Waals surface area (Å²) in [7, 11) is 1.24. The molecule has 0 aromatic carbocycles. The Balaban J connectivity index is 2.99. The van der Waals surface area contributed by atoms with Gasteiger partial charge in [0.1, 0.15) is 5.76 Å². The van der Waals surface area contributed by atoms with Crippen molar-refractivity contribution in [2.75, 3.05) is 7.11 Å². The largest absolute Gasteiger partial charge is 0.496 e. The second-order valence-electron chi connectivity index (χ2n) is 2.62. The summed E-state index contributed by atoms with van der Waals surface area (Å²) < 4.78 is 41.7. The van der Waals surface area contributed by atoms with Crippen LogP contribution in [0.4, 0.5) is 13.2 Å². The Morgan fingerprint density at radius 1 is 1.54 bits per heavy atom. The van der Waals surface area contributed by atoms with Crippen molar-refractivity contribution in [2.24, 2.45) is 0 Å². The number of hydrogen-bond acceptors (Lipinski definition) is 1. The molecule has 1 aliphatic rings. The first-order valence-corrected chi connectivity index (χ1v) is 4.53. The van der Waals surface area contributed by atoms with E-state index in [2.05, 4.69) is 20.7 Å². The maximum absolute atomic E-state index is 12.4. The van der Waals surface area contributed by atoms with Crippen LogP contribution < -0.4 is 0 Å². The van der Waals surface area contributed by atoms with Crippen molar-refractivity contribution >= 4 is 15.9 Å². The van der Waals surface area contributed by atoms with Gasteiger partial charge in [0.05, 0.1) is 12.7 Å². The first-order valence-electron chi connectivity index (χ1n) is 3.61. The number of alkyl halides is 4. The minimum atomic E-state index is -4.30. The van der Waals surface area contributed by atoms with E-state index in [0.717, 1.165) is 0 Å². The van der Waals surface area contributed by atoms with Crippen molar-refractivity contribution in [1.29, 1.82) is 0 Å². The van der Waals surface area contributed by atoms with Gasteiger partial charge in [-0.25, -0.2) is 0 Å². The van der Waals surface area contributed by atoms with E-state index in [-0.39, 0.29) is 17.0 Å². The monoisotopic (exact) mass is 256 g/mol. The van der Waals surface area contributed by atoms with E-state index >= 15 is 0 Å². The van der Waals surface area contributed by atoms with Gasteiger partial charge in [0, 0.05) is 4.83 Å². The summed E-state index contributed by atoms with van der Waals surface area (Å²) >= 11 is 3.10. The quantitative estimate of drug-likeness (QED) is 0.655. The summed E-state index contributed by atoms with van der Waals surface area (Å²) in [6, 6.07) is 0. The summed E-state index contributed by atoms with van der Waals surface area (Å²) in [5, 5.41) is 0. The molecule has 0 bridgehead atoms. The van der Waals surface area contributed by atoms with Crippen LogP contribution in [0, 0.1) is 0 Å². The lowest BCUT2D eigenvalue weighted by atomic mass is 10.0. The van der Waals surface area contributed by atoms with Crippen LogP contribution in [0.3, 0.4) is 0 Å². The standard InChI is InChI=1S/C8H8BrF3O/c1-13-7-3-2-5(9)4-6(7)8(10,11)12/h2-3,5H,4H2,1H3. The number of ether oxygens (including phenoxy) is 1. The molecule has 1 aliphatic carbocycles. The first-order chi connectivity index (χ1) is 5.95. The number of halogens is 4. The number of methoxy groups -OCH3 is 1. The maximum atomic E-state index is 12.4. The third-order valence-corrected chi connectivity index (χ3v) is 2.34. The zero-order valence-corrected chi connectivity index (χ0v) is 8.45. The van der Waals surface area contributed by atoms with Crippen molar-refractivity contribution in [3.05, 3.63) is 23.5 Å². The molecule has 0 aromatic heterocycles. The van der Waals surface area contributed by atoms with Gasteiger partial charge in [-0.05, 0) is 12.5 Å². The summed E-state index contributed by atoms with van der Waals surface area (Å²) in [5.74, 6) is -0.0943. The fourth-order valence-electron chi connectivity index (χ4n) is 1.10. The molecule has 1 unspecified atom stereocenters. The molecule has 0 saturated carbocycles.